The summed E-state index contributed by atoms with van der Waals surface area (Å²) in [7, 11) is 0. The molecule has 11 heteroatoms. The molecule has 3 aromatic rings. The first-order chi connectivity index (χ1) is 24.4. The second-order valence-corrected chi connectivity index (χ2v) is 14.0. The minimum Gasteiger partial charge on any atom is -0.472 e. The Morgan fingerprint density at radius 2 is 1.68 bits per heavy atom. The van der Waals surface area contributed by atoms with Crippen LogP contribution in [0.2, 0.25) is 0 Å². The number of para-hydroxylation sites is 1. The molecule has 1 aromatic heterocycles. The first-order valence-corrected chi connectivity index (χ1v) is 18.2. The number of benzene rings is 2. The molecular formula is C39H46N4O7. The molecule has 11 nitrogen and oxygen atoms in total. The molecule has 2 aromatic carbocycles. The van der Waals surface area contributed by atoms with E-state index in [2.05, 4.69) is 16.7 Å². The van der Waals surface area contributed by atoms with Crippen LogP contribution < -0.4 is 15.4 Å². The second-order valence-electron chi connectivity index (χ2n) is 14.0. The van der Waals surface area contributed by atoms with Crippen molar-refractivity contribution in [1.82, 2.24) is 20.5 Å². The molecule has 3 fully saturated rings. The number of nitrogens with zero attached hydrogens (tertiary/aromatic N) is 2. The number of rotatable bonds is 6. The highest BCUT2D eigenvalue weighted by atomic mass is 16.6. The highest BCUT2D eigenvalue weighted by Crippen LogP contribution is 2.46. The number of esters is 1. The van der Waals surface area contributed by atoms with E-state index in [9.17, 15) is 19.2 Å². The van der Waals surface area contributed by atoms with E-state index in [1.165, 1.54) is 4.90 Å². The third-order valence-electron chi connectivity index (χ3n) is 10.6. The summed E-state index contributed by atoms with van der Waals surface area (Å²) in [6.45, 7) is 2.03. The molecule has 7 rings (SSSR count). The Morgan fingerprint density at radius 3 is 2.48 bits per heavy atom. The Bertz CT molecular complexity index is 1790. The summed E-state index contributed by atoms with van der Waals surface area (Å²) in [6, 6.07) is 13.9. The van der Waals surface area contributed by atoms with Crippen LogP contribution in [0.25, 0.3) is 21.7 Å². The van der Waals surface area contributed by atoms with Crippen LogP contribution >= 0.6 is 0 Å². The first-order valence-electron chi connectivity index (χ1n) is 18.2. The summed E-state index contributed by atoms with van der Waals surface area (Å²) in [6.07, 6.45) is 10.6. The molecule has 0 unspecified atom stereocenters. The largest absolute Gasteiger partial charge is 0.472 e. The number of amides is 3. The van der Waals surface area contributed by atoms with Crippen molar-refractivity contribution in [3.8, 4) is 5.88 Å². The van der Waals surface area contributed by atoms with Crippen LogP contribution in [0.5, 0.6) is 5.88 Å². The standard InChI is InChI=1S/C39H46N4O7/c1-2-48-37(46)39-23-25(39)14-6-4-3-5-7-21-32(41-38(47)50-26-15-8-9-16-26)36(45)43-24-27(22-33(43)34(44)42-39)49-35-30-19-11-10-17-28(30)29-18-12-13-20-31(29)40-35/h6,10-14,17-20,25-27,32-33H,2-5,7-9,15-16,21-24H2,1H3,(H,41,47)(H,42,44)/t25-,27-,32+,33+,39-/m1/s1. The van der Waals surface area contributed by atoms with Crippen molar-refractivity contribution in [1.29, 1.82) is 0 Å². The van der Waals surface area contributed by atoms with Crippen molar-refractivity contribution >= 4 is 45.6 Å². The summed E-state index contributed by atoms with van der Waals surface area (Å²) in [5, 5.41) is 8.69. The minimum atomic E-state index is -1.18. The average molecular weight is 683 g/mol. The number of pyridine rings is 1. The van der Waals surface area contributed by atoms with Crippen LogP contribution in [-0.4, -0.2) is 76.7 Å². The van der Waals surface area contributed by atoms with Gasteiger partial charge in [0, 0.05) is 23.1 Å². The number of hydrogen-bond acceptors (Lipinski definition) is 8. The van der Waals surface area contributed by atoms with E-state index in [-0.39, 0.29) is 37.5 Å². The average Bonchev–Trinajstić information content (AvgIpc) is 3.39. The summed E-state index contributed by atoms with van der Waals surface area (Å²) < 4.78 is 17.7. The molecule has 0 spiro atoms. The number of nitrogens with one attached hydrogen (secondary N) is 2. The molecule has 1 saturated heterocycles. The second kappa shape index (κ2) is 14.7. The quantitative estimate of drug-likeness (QED) is 0.191. The fraction of sp³-hybridized carbons (Fsp3) is 0.513. The number of ether oxygens (including phenoxy) is 3. The Morgan fingerprint density at radius 1 is 0.940 bits per heavy atom. The minimum absolute atomic E-state index is 0.103. The molecule has 2 aliphatic heterocycles. The molecule has 4 aliphatic rings. The number of carbonyl (C=O) groups is 4. The van der Waals surface area contributed by atoms with Gasteiger partial charge in [-0.3, -0.25) is 9.59 Å². The van der Waals surface area contributed by atoms with Crippen LogP contribution in [0.4, 0.5) is 4.79 Å². The monoisotopic (exact) mass is 682 g/mol. The van der Waals surface area contributed by atoms with Crippen molar-refractivity contribution in [2.24, 2.45) is 5.92 Å². The number of carbonyl (C=O) groups excluding carboxylic acids is 4. The lowest BCUT2D eigenvalue weighted by Crippen LogP contribution is -2.56. The summed E-state index contributed by atoms with van der Waals surface area (Å²) in [5.41, 5.74) is -0.409. The molecule has 5 atom stereocenters. The van der Waals surface area contributed by atoms with E-state index in [1.54, 1.807) is 6.92 Å². The third-order valence-corrected chi connectivity index (χ3v) is 10.6. The van der Waals surface area contributed by atoms with E-state index in [0.717, 1.165) is 66.6 Å². The van der Waals surface area contributed by atoms with Crippen LogP contribution in [0, 0.1) is 5.92 Å². The summed E-state index contributed by atoms with van der Waals surface area (Å²) in [4.78, 5) is 61.4. The molecular weight excluding hydrogens is 636 g/mol. The SMILES string of the molecule is CCOC(=O)[C@@]12C[C@H]1C=CCCCCC[C@H](NC(=O)OC1CCCC1)C(=O)N1C[C@H](Oc3nc4ccccc4c4ccccc34)C[C@H]1C(=O)N2. The van der Waals surface area contributed by atoms with Gasteiger partial charge < -0.3 is 29.7 Å². The van der Waals surface area contributed by atoms with Gasteiger partial charge in [-0.15, -0.1) is 0 Å². The molecule has 50 heavy (non-hydrogen) atoms. The zero-order valence-electron chi connectivity index (χ0n) is 28.6. The lowest BCUT2D eigenvalue weighted by Gasteiger charge is -2.29. The maximum Gasteiger partial charge on any atom is 0.408 e. The smallest absolute Gasteiger partial charge is 0.408 e. The lowest BCUT2D eigenvalue weighted by atomic mass is 10.0. The van der Waals surface area contributed by atoms with Crippen molar-refractivity contribution in [3.05, 3.63) is 60.7 Å². The maximum absolute atomic E-state index is 14.5. The zero-order valence-corrected chi connectivity index (χ0v) is 28.6. The Hall–Kier alpha value is -4.67. The Kier molecular flexibility index (Phi) is 9.92. The van der Waals surface area contributed by atoms with Gasteiger partial charge in [0.15, 0.2) is 0 Å². The molecule has 0 bridgehead atoms. The van der Waals surface area contributed by atoms with E-state index >= 15 is 0 Å². The van der Waals surface area contributed by atoms with Crippen molar-refractivity contribution in [2.75, 3.05) is 13.2 Å². The van der Waals surface area contributed by atoms with Crippen molar-refractivity contribution in [2.45, 2.75) is 107 Å². The van der Waals surface area contributed by atoms with Crippen LogP contribution in [0.1, 0.15) is 77.6 Å². The van der Waals surface area contributed by atoms with Gasteiger partial charge in [-0.1, -0.05) is 61.4 Å². The van der Waals surface area contributed by atoms with Gasteiger partial charge >= 0.3 is 12.1 Å². The van der Waals surface area contributed by atoms with Crippen LogP contribution in [0.3, 0.4) is 0 Å². The van der Waals surface area contributed by atoms with E-state index < -0.39 is 41.7 Å². The van der Waals surface area contributed by atoms with Gasteiger partial charge in [0.05, 0.1) is 18.7 Å². The van der Waals surface area contributed by atoms with Gasteiger partial charge in [0.25, 0.3) is 0 Å². The molecule has 2 N–H and O–H groups in total. The maximum atomic E-state index is 14.5. The normalized spacial score (nSPS) is 27.5. The van der Waals surface area contributed by atoms with Crippen molar-refractivity contribution in [3.63, 3.8) is 0 Å². The van der Waals surface area contributed by atoms with Crippen LogP contribution in [0.15, 0.2) is 60.7 Å². The molecule has 2 aliphatic carbocycles. The molecule has 264 valence electrons. The summed E-state index contributed by atoms with van der Waals surface area (Å²) in [5.74, 6) is -1.07. The number of allylic oxidation sites excluding steroid dienone is 1. The fourth-order valence-electron chi connectivity index (χ4n) is 7.85. The number of alkyl carbamates (subject to hydrolysis) is 1. The van der Waals surface area contributed by atoms with Gasteiger partial charge in [0.1, 0.15) is 29.8 Å². The Balaban J connectivity index is 1.19. The van der Waals surface area contributed by atoms with Crippen LogP contribution in [-0.2, 0) is 23.9 Å². The highest BCUT2D eigenvalue weighted by molar-refractivity contribution is 6.07. The molecule has 3 amide bonds. The topological polar surface area (TPSA) is 136 Å². The number of fused-ring (bicyclic) bond motifs is 5. The van der Waals surface area contributed by atoms with Gasteiger partial charge in [-0.2, -0.15) is 0 Å². The predicted molar refractivity (Wildman–Crippen MR) is 187 cm³/mol. The number of aromatic nitrogens is 1. The summed E-state index contributed by atoms with van der Waals surface area (Å²) >= 11 is 0. The predicted octanol–water partition coefficient (Wildman–Crippen LogP) is 5.73. The van der Waals surface area contributed by atoms with E-state index in [1.807, 2.05) is 54.6 Å². The van der Waals surface area contributed by atoms with Gasteiger partial charge in [0.2, 0.25) is 17.7 Å². The lowest BCUT2D eigenvalue weighted by molar-refractivity contribution is -0.150. The Labute approximate surface area is 292 Å². The first kappa shape index (κ1) is 33.8. The van der Waals surface area contributed by atoms with E-state index in [0.29, 0.717) is 25.1 Å². The van der Waals surface area contributed by atoms with Gasteiger partial charge in [-0.25, -0.2) is 14.6 Å². The molecule has 2 saturated carbocycles. The highest BCUT2D eigenvalue weighted by Gasteiger charge is 2.62. The number of hydrogen-bond donors (Lipinski definition) is 2. The zero-order chi connectivity index (χ0) is 34.7. The van der Waals surface area contributed by atoms with E-state index in [4.69, 9.17) is 19.2 Å². The van der Waals surface area contributed by atoms with Gasteiger partial charge in [-0.05, 0) is 75.8 Å². The third kappa shape index (κ3) is 7.00. The molecule has 0 radical (unpaired) electrons. The van der Waals surface area contributed by atoms with Crippen molar-refractivity contribution < 1.29 is 33.4 Å². The molecule has 3 heterocycles. The fourth-order valence-corrected chi connectivity index (χ4v) is 7.85.